The number of aromatic nitrogens is 3. The predicted molar refractivity (Wildman–Crippen MR) is 72.5 cm³/mol. The summed E-state index contributed by atoms with van der Waals surface area (Å²) in [6.45, 7) is 2.05. The molecule has 0 spiro atoms. The molecule has 0 saturated carbocycles. The van der Waals surface area contributed by atoms with E-state index in [1.54, 1.807) is 12.4 Å². The summed E-state index contributed by atoms with van der Waals surface area (Å²) in [6.07, 6.45) is 3.51. The molecule has 0 N–H and O–H groups in total. The largest absolute Gasteiger partial charge is 0.256 e. The zero-order chi connectivity index (χ0) is 12.5. The Morgan fingerprint density at radius 3 is 2.89 bits per heavy atom. The van der Waals surface area contributed by atoms with Crippen molar-refractivity contribution in [2.75, 3.05) is 0 Å². The van der Waals surface area contributed by atoms with Crippen molar-refractivity contribution in [1.82, 2.24) is 15.2 Å². The Morgan fingerprint density at radius 1 is 1.17 bits per heavy atom. The second-order valence-electron chi connectivity index (χ2n) is 4.11. The minimum absolute atomic E-state index is 0.428. The van der Waals surface area contributed by atoms with E-state index in [1.807, 2.05) is 37.3 Å². The van der Waals surface area contributed by atoms with E-state index < -0.39 is 0 Å². The van der Waals surface area contributed by atoms with Gasteiger partial charge in [-0.25, -0.2) is 0 Å². The van der Waals surface area contributed by atoms with Crippen molar-refractivity contribution >= 4 is 22.4 Å². The van der Waals surface area contributed by atoms with Gasteiger partial charge in [0.15, 0.2) is 5.15 Å². The average molecular weight is 256 g/mol. The van der Waals surface area contributed by atoms with Gasteiger partial charge >= 0.3 is 0 Å². The predicted octanol–water partition coefficient (Wildman–Crippen LogP) is 3.65. The van der Waals surface area contributed by atoms with Crippen LogP contribution in [0.25, 0.3) is 22.0 Å². The molecule has 18 heavy (non-hydrogen) atoms. The van der Waals surface area contributed by atoms with Crippen LogP contribution in [0.2, 0.25) is 5.15 Å². The number of nitrogens with zero attached hydrogens (tertiary/aromatic N) is 3. The van der Waals surface area contributed by atoms with Crippen molar-refractivity contribution < 1.29 is 0 Å². The van der Waals surface area contributed by atoms with Gasteiger partial charge in [0.25, 0.3) is 0 Å². The van der Waals surface area contributed by atoms with E-state index in [1.165, 1.54) is 0 Å². The number of pyridine rings is 1. The summed E-state index contributed by atoms with van der Waals surface area (Å²) in [5.74, 6) is 0. The van der Waals surface area contributed by atoms with Gasteiger partial charge in [-0.1, -0.05) is 29.8 Å². The van der Waals surface area contributed by atoms with E-state index in [9.17, 15) is 0 Å². The smallest absolute Gasteiger partial charge is 0.159 e. The van der Waals surface area contributed by atoms with E-state index in [-0.39, 0.29) is 0 Å². The zero-order valence-corrected chi connectivity index (χ0v) is 10.5. The van der Waals surface area contributed by atoms with Crippen molar-refractivity contribution in [2.45, 2.75) is 6.92 Å². The minimum atomic E-state index is 0.428. The van der Waals surface area contributed by atoms with Gasteiger partial charge in [-0.05, 0) is 24.6 Å². The summed E-state index contributed by atoms with van der Waals surface area (Å²) in [5, 5.41) is 10.00. The average Bonchev–Trinajstić information content (AvgIpc) is 2.39. The Labute approximate surface area is 109 Å². The molecule has 0 saturated heterocycles. The Hall–Kier alpha value is -2.00. The molecular weight excluding hydrogens is 246 g/mol. The van der Waals surface area contributed by atoms with Crippen LogP contribution in [0.1, 0.15) is 5.56 Å². The molecule has 1 aromatic carbocycles. The van der Waals surface area contributed by atoms with Gasteiger partial charge in [0, 0.05) is 22.5 Å². The molecule has 88 valence electrons. The fraction of sp³-hybridized carbons (Fsp3) is 0.0714. The highest BCUT2D eigenvalue weighted by atomic mass is 35.5. The van der Waals surface area contributed by atoms with Crippen LogP contribution in [0.15, 0.2) is 42.7 Å². The van der Waals surface area contributed by atoms with Gasteiger partial charge < -0.3 is 0 Å². The van der Waals surface area contributed by atoms with Crippen LogP contribution < -0.4 is 0 Å². The molecule has 0 amide bonds. The molecule has 0 radical (unpaired) electrons. The number of hydrogen-bond donors (Lipinski definition) is 0. The first-order chi connectivity index (χ1) is 8.75. The minimum Gasteiger partial charge on any atom is -0.256 e. The molecule has 0 aliphatic carbocycles. The highest BCUT2D eigenvalue weighted by Crippen LogP contribution is 2.27. The van der Waals surface area contributed by atoms with Gasteiger partial charge in [-0.15, -0.1) is 5.10 Å². The van der Waals surface area contributed by atoms with Crippen LogP contribution in [0.5, 0.6) is 0 Å². The molecule has 3 rings (SSSR count). The van der Waals surface area contributed by atoms with Crippen molar-refractivity contribution in [2.24, 2.45) is 0 Å². The second-order valence-corrected chi connectivity index (χ2v) is 4.46. The first kappa shape index (κ1) is 11.1. The highest BCUT2D eigenvalue weighted by Gasteiger charge is 2.06. The van der Waals surface area contributed by atoms with Gasteiger partial charge in [0.05, 0.1) is 11.9 Å². The Morgan fingerprint density at radius 2 is 2.06 bits per heavy atom. The van der Waals surface area contributed by atoms with Crippen LogP contribution in [-0.2, 0) is 0 Å². The maximum Gasteiger partial charge on any atom is 0.159 e. The monoisotopic (exact) mass is 255 g/mol. The summed E-state index contributed by atoms with van der Waals surface area (Å²) in [5.41, 5.74) is 3.18. The first-order valence-electron chi connectivity index (χ1n) is 5.58. The first-order valence-corrected chi connectivity index (χ1v) is 5.96. The maximum atomic E-state index is 6.00. The summed E-state index contributed by atoms with van der Waals surface area (Å²) in [4.78, 5) is 4.41. The highest BCUT2D eigenvalue weighted by molar-refractivity contribution is 6.34. The van der Waals surface area contributed by atoms with E-state index in [0.717, 1.165) is 27.6 Å². The second kappa shape index (κ2) is 4.35. The fourth-order valence-corrected chi connectivity index (χ4v) is 2.20. The number of rotatable bonds is 1. The van der Waals surface area contributed by atoms with Crippen molar-refractivity contribution in [1.29, 1.82) is 0 Å². The third kappa shape index (κ3) is 1.83. The van der Waals surface area contributed by atoms with Crippen LogP contribution in [-0.4, -0.2) is 15.2 Å². The van der Waals surface area contributed by atoms with Crippen molar-refractivity contribution in [3.8, 4) is 11.3 Å². The molecular formula is C14H10ClN3. The molecule has 4 heteroatoms. The Balaban J connectivity index is 2.23. The van der Waals surface area contributed by atoms with Crippen molar-refractivity contribution in [3.63, 3.8) is 0 Å². The van der Waals surface area contributed by atoms with Crippen LogP contribution in [0.3, 0.4) is 0 Å². The van der Waals surface area contributed by atoms with E-state index >= 15 is 0 Å². The van der Waals surface area contributed by atoms with E-state index in [0.29, 0.717) is 5.15 Å². The standard InChI is InChI=1S/C14H10ClN3/c1-9-3-2-6-16-13(9)10-4-5-12-11(7-10)8-17-18-14(12)15/h2-8H,1H3. The summed E-state index contributed by atoms with van der Waals surface area (Å²) >= 11 is 6.00. The number of halogens is 1. The lowest BCUT2D eigenvalue weighted by Gasteiger charge is -2.06. The molecule has 2 heterocycles. The maximum absolute atomic E-state index is 6.00. The molecule has 0 aliphatic rings. The third-order valence-corrected chi connectivity index (χ3v) is 3.18. The molecule has 2 aromatic heterocycles. The SMILES string of the molecule is Cc1cccnc1-c1ccc2c(Cl)nncc2c1. The zero-order valence-electron chi connectivity index (χ0n) is 9.76. The van der Waals surface area contributed by atoms with Crippen LogP contribution in [0.4, 0.5) is 0 Å². The number of fused-ring (bicyclic) bond motifs is 1. The normalized spacial score (nSPS) is 10.8. The molecule has 0 atom stereocenters. The molecule has 3 aromatic rings. The molecule has 3 nitrogen and oxygen atoms in total. The van der Waals surface area contributed by atoms with Gasteiger partial charge in [-0.3, -0.25) is 4.98 Å². The van der Waals surface area contributed by atoms with Crippen LogP contribution in [0, 0.1) is 6.92 Å². The van der Waals surface area contributed by atoms with Gasteiger partial charge in [0.2, 0.25) is 0 Å². The van der Waals surface area contributed by atoms with Gasteiger partial charge in [-0.2, -0.15) is 5.10 Å². The summed E-state index contributed by atoms with van der Waals surface area (Å²) < 4.78 is 0. The third-order valence-electron chi connectivity index (χ3n) is 2.90. The quantitative estimate of drug-likeness (QED) is 0.666. The lowest BCUT2D eigenvalue weighted by atomic mass is 10.0. The number of benzene rings is 1. The fourth-order valence-electron chi connectivity index (χ4n) is 1.99. The van der Waals surface area contributed by atoms with Crippen LogP contribution >= 0.6 is 11.6 Å². The van der Waals surface area contributed by atoms with Gasteiger partial charge in [0.1, 0.15) is 0 Å². The Bertz CT molecular complexity index is 725. The summed E-state index contributed by atoms with van der Waals surface area (Å²) in [6, 6.07) is 9.97. The number of aryl methyl sites for hydroxylation is 1. The molecule has 0 unspecified atom stereocenters. The molecule has 0 aliphatic heterocycles. The molecule has 0 fully saturated rings. The van der Waals surface area contributed by atoms with E-state index in [2.05, 4.69) is 15.2 Å². The summed E-state index contributed by atoms with van der Waals surface area (Å²) in [7, 11) is 0. The molecule has 0 bridgehead atoms. The number of hydrogen-bond acceptors (Lipinski definition) is 3. The lowest BCUT2D eigenvalue weighted by molar-refractivity contribution is 1.05. The lowest BCUT2D eigenvalue weighted by Crippen LogP contribution is -1.89. The van der Waals surface area contributed by atoms with Crippen molar-refractivity contribution in [3.05, 3.63) is 53.4 Å². The Kier molecular flexibility index (Phi) is 2.68. The van der Waals surface area contributed by atoms with E-state index in [4.69, 9.17) is 11.6 Å². The topological polar surface area (TPSA) is 38.7 Å².